The molecule has 1 aliphatic heterocycles. The molecule has 0 atom stereocenters. The summed E-state index contributed by atoms with van der Waals surface area (Å²) in [6.07, 6.45) is 0.582. The highest BCUT2D eigenvalue weighted by Gasteiger charge is 2.28. The first-order valence-corrected chi connectivity index (χ1v) is 7.81. The molecule has 0 fully saturated rings. The number of halogens is 1. The molecule has 3 rings (SSSR count). The van der Waals surface area contributed by atoms with E-state index >= 15 is 0 Å². The summed E-state index contributed by atoms with van der Waals surface area (Å²) in [6, 6.07) is 7.50. The van der Waals surface area contributed by atoms with Crippen LogP contribution in [0.4, 0.5) is 0 Å². The van der Waals surface area contributed by atoms with Crippen molar-refractivity contribution in [1.82, 2.24) is 15.4 Å². The summed E-state index contributed by atoms with van der Waals surface area (Å²) in [6.45, 7) is 1.62. The van der Waals surface area contributed by atoms with E-state index in [0.29, 0.717) is 47.5 Å². The summed E-state index contributed by atoms with van der Waals surface area (Å²) in [7, 11) is 0. The van der Waals surface area contributed by atoms with E-state index in [2.05, 4.69) is 10.5 Å². The third-order valence-electron chi connectivity index (χ3n) is 3.67. The number of nitrogens with zero attached hydrogens (tertiary/aromatic N) is 2. The number of carboxylic acids is 1. The summed E-state index contributed by atoms with van der Waals surface area (Å²) < 4.78 is 5.08. The van der Waals surface area contributed by atoms with Gasteiger partial charge in [-0.3, -0.25) is 0 Å². The van der Waals surface area contributed by atoms with Crippen LogP contribution in [0.5, 0.6) is 0 Å². The van der Waals surface area contributed by atoms with Gasteiger partial charge in [0.25, 0.3) is 0 Å². The highest BCUT2D eigenvalue weighted by molar-refractivity contribution is 7.80. The number of aromatic carboxylic acids is 1. The molecule has 0 amide bonds. The fraction of sp³-hybridized carbons (Fsp3) is 0.267. The van der Waals surface area contributed by atoms with E-state index in [1.54, 1.807) is 0 Å². The minimum Gasteiger partial charge on any atom is -0.476 e. The van der Waals surface area contributed by atoms with Crippen LogP contribution in [0.1, 0.15) is 27.4 Å². The normalized spacial score (nSPS) is 13.5. The van der Waals surface area contributed by atoms with E-state index in [-0.39, 0.29) is 5.69 Å². The Morgan fingerprint density at radius 2 is 2.17 bits per heavy atom. The molecule has 0 saturated carbocycles. The van der Waals surface area contributed by atoms with Gasteiger partial charge in [0.1, 0.15) is 5.76 Å². The predicted octanol–water partition coefficient (Wildman–Crippen LogP) is 2.46. The lowest BCUT2D eigenvalue weighted by molar-refractivity contribution is 0.0684. The number of rotatable bonds is 3. The Morgan fingerprint density at radius 3 is 2.87 bits per heavy atom. The topological polar surface area (TPSA) is 78.6 Å². The van der Waals surface area contributed by atoms with Crippen molar-refractivity contribution in [3.05, 3.63) is 51.9 Å². The Kier molecular flexibility index (Phi) is 4.49. The van der Waals surface area contributed by atoms with Crippen molar-refractivity contribution < 1.29 is 14.4 Å². The van der Waals surface area contributed by atoms with Gasteiger partial charge in [-0.25, -0.2) is 4.79 Å². The monoisotopic (exact) mass is 351 g/mol. The van der Waals surface area contributed by atoms with Crippen LogP contribution in [0, 0.1) is 0 Å². The molecule has 23 heavy (non-hydrogen) atoms. The van der Waals surface area contributed by atoms with Crippen LogP contribution in [0.2, 0.25) is 5.02 Å². The Balaban J connectivity index is 1.63. The number of carbonyl (C=O) groups is 1. The van der Waals surface area contributed by atoms with Crippen molar-refractivity contribution in [3.8, 4) is 0 Å². The molecule has 0 unspecified atom stereocenters. The predicted molar refractivity (Wildman–Crippen MR) is 88.5 cm³/mol. The summed E-state index contributed by atoms with van der Waals surface area (Å²) in [4.78, 5) is 13.1. The van der Waals surface area contributed by atoms with Crippen LogP contribution in [-0.4, -0.2) is 32.8 Å². The average Bonchev–Trinajstić information content (AvgIpc) is 2.97. The second-order valence-corrected chi connectivity index (χ2v) is 6.02. The molecule has 0 spiro atoms. The van der Waals surface area contributed by atoms with Crippen LogP contribution in [0.15, 0.2) is 28.8 Å². The summed E-state index contributed by atoms with van der Waals surface area (Å²) in [5.41, 5.74) is 1.62. The van der Waals surface area contributed by atoms with Crippen molar-refractivity contribution >= 4 is 34.9 Å². The van der Waals surface area contributed by atoms with Gasteiger partial charge in [0.2, 0.25) is 0 Å². The molecule has 1 aromatic carbocycles. The summed E-state index contributed by atoms with van der Waals surface area (Å²) >= 11 is 11.3. The Morgan fingerprint density at radius 1 is 1.43 bits per heavy atom. The molecule has 0 aliphatic carbocycles. The Hall–Kier alpha value is -2.12. The summed E-state index contributed by atoms with van der Waals surface area (Å²) in [5, 5.41) is 17.2. The zero-order valence-electron chi connectivity index (χ0n) is 12.1. The fourth-order valence-electron chi connectivity index (χ4n) is 2.44. The third kappa shape index (κ3) is 3.46. The van der Waals surface area contributed by atoms with Crippen LogP contribution in [0.3, 0.4) is 0 Å². The SMILES string of the molecule is O=C(O)c1noc2c1CN(C(=S)NCc1ccc(Cl)cc1)CC2. The number of thiocarbonyl (C=S) groups is 1. The van der Waals surface area contributed by atoms with Gasteiger partial charge in [-0.05, 0) is 29.9 Å². The molecule has 8 heteroatoms. The van der Waals surface area contributed by atoms with E-state index in [0.717, 1.165) is 5.56 Å². The molecule has 0 bridgehead atoms. The molecule has 1 aromatic heterocycles. The van der Waals surface area contributed by atoms with Gasteiger partial charge in [0.05, 0.1) is 6.54 Å². The first-order chi connectivity index (χ1) is 11.0. The molecule has 2 aromatic rings. The molecular formula is C15H14ClN3O3S. The number of carboxylic acid groups (broad SMARTS) is 1. The van der Waals surface area contributed by atoms with E-state index < -0.39 is 5.97 Å². The highest BCUT2D eigenvalue weighted by atomic mass is 35.5. The number of nitrogens with one attached hydrogen (secondary N) is 1. The Bertz CT molecular complexity index is 745. The molecule has 120 valence electrons. The maximum absolute atomic E-state index is 11.1. The number of hydrogen-bond donors (Lipinski definition) is 2. The first-order valence-electron chi connectivity index (χ1n) is 7.02. The van der Waals surface area contributed by atoms with Gasteiger partial charge >= 0.3 is 5.97 Å². The van der Waals surface area contributed by atoms with Gasteiger partial charge < -0.3 is 19.8 Å². The van der Waals surface area contributed by atoms with Crippen molar-refractivity contribution in [1.29, 1.82) is 0 Å². The average molecular weight is 352 g/mol. The molecule has 2 heterocycles. The van der Waals surface area contributed by atoms with Crippen molar-refractivity contribution in [2.24, 2.45) is 0 Å². The second kappa shape index (κ2) is 6.55. The van der Waals surface area contributed by atoms with E-state index in [1.165, 1.54) is 0 Å². The maximum atomic E-state index is 11.1. The molecule has 0 radical (unpaired) electrons. The van der Waals surface area contributed by atoms with Gasteiger partial charge in [0.15, 0.2) is 10.8 Å². The van der Waals surface area contributed by atoms with Crippen LogP contribution in [0.25, 0.3) is 0 Å². The van der Waals surface area contributed by atoms with Crippen molar-refractivity contribution in [3.63, 3.8) is 0 Å². The minimum atomic E-state index is -1.09. The summed E-state index contributed by atoms with van der Waals surface area (Å²) in [5.74, 6) is -0.462. The number of hydrogen-bond acceptors (Lipinski definition) is 4. The lowest BCUT2D eigenvalue weighted by Gasteiger charge is -2.28. The molecule has 0 saturated heterocycles. The Labute approximate surface area is 143 Å². The second-order valence-electron chi connectivity index (χ2n) is 5.19. The number of fused-ring (bicyclic) bond motifs is 1. The van der Waals surface area contributed by atoms with Crippen molar-refractivity contribution in [2.75, 3.05) is 6.54 Å². The lowest BCUT2D eigenvalue weighted by atomic mass is 10.1. The third-order valence-corrected chi connectivity index (χ3v) is 4.33. The zero-order chi connectivity index (χ0) is 16.4. The molecule has 6 nitrogen and oxygen atoms in total. The quantitative estimate of drug-likeness (QED) is 0.822. The largest absolute Gasteiger partial charge is 0.476 e. The van der Waals surface area contributed by atoms with Crippen LogP contribution < -0.4 is 5.32 Å². The first kappa shape index (κ1) is 15.8. The minimum absolute atomic E-state index is 0.0369. The van der Waals surface area contributed by atoms with E-state index in [9.17, 15) is 4.79 Å². The maximum Gasteiger partial charge on any atom is 0.358 e. The molecular weight excluding hydrogens is 338 g/mol. The van der Waals surface area contributed by atoms with Gasteiger partial charge in [-0.2, -0.15) is 0 Å². The standard InChI is InChI=1S/C15H14ClN3O3S/c16-10-3-1-9(2-4-10)7-17-15(23)19-6-5-12-11(8-19)13(14(20)21)18-22-12/h1-4H,5-8H2,(H,17,23)(H,20,21). The van der Waals surface area contributed by atoms with Crippen LogP contribution in [-0.2, 0) is 19.5 Å². The van der Waals surface area contributed by atoms with Gasteiger partial charge in [0, 0.05) is 30.1 Å². The van der Waals surface area contributed by atoms with Crippen LogP contribution >= 0.6 is 23.8 Å². The zero-order valence-corrected chi connectivity index (χ0v) is 13.7. The number of aromatic nitrogens is 1. The van der Waals surface area contributed by atoms with Gasteiger partial charge in [-0.15, -0.1) is 0 Å². The smallest absolute Gasteiger partial charge is 0.358 e. The highest BCUT2D eigenvalue weighted by Crippen LogP contribution is 2.22. The van der Waals surface area contributed by atoms with E-state index in [4.69, 9.17) is 33.4 Å². The molecule has 2 N–H and O–H groups in total. The fourth-order valence-corrected chi connectivity index (χ4v) is 2.80. The van der Waals surface area contributed by atoms with Gasteiger partial charge in [-0.1, -0.05) is 28.9 Å². The number of benzene rings is 1. The van der Waals surface area contributed by atoms with Crippen molar-refractivity contribution in [2.45, 2.75) is 19.5 Å². The van der Waals surface area contributed by atoms with E-state index in [1.807, 2.05) is 29.2 Å². The lowest BCUT2D eigenvalue weighted by Crippen LogP contribution is -2.42. The molecule has 1 aliphatic rings.